The molecule has 0 aliphatic rings. The van der Waals surface area contributed by atoms with Crippen molar-refractivity contribution >= 4 is 5.91 Å². The van der Waals surface area contributed by atoms with E-state index in [1.165, 1.54) is 0 Å². The molecule has 0 rings (SSSR count). The first-order valence-electron chi connectivity index (χ1n) is 4.96. The Labute approximate surface area is 86.1 Å². The van der Waals surface area contributed by atoms with Gasteiger partial charge in [0.15, 0.2) is 0 Å². The summed E-state index contributed by atoms with van der Waals surface area (Å²) in [5, 5.41) is 14.8. The first-order chi connectivity index (χ1) is 6.35. The third-order valence-electron chi connectivity index (χ3n) is 2.51. The van der Waals surface area contributed by atoms with Crippen LogP contribution in [-0.2, 0) is 4.79 Å². The van der Waals surface area contributed by atoms with E-state index in [1.807, 2.05) is 13.8 Å². The number of carbonyl (C=O) groups is 1. The van der Waals surface area contributed by atoms with Crippen LogP contribution in [0.5, 0.6) is 0 Å². The number of amides is 1. The van der Waals surface area contributed by atoms with E-state index in [0.29, 0.717) is 0 Å². The predicted octanol–water partition coefficient (Wildman–Crippen LogP) is 0.118. The van der Waals surface area contributed by atoms with Gasteiger partial charge in [-0.3, -0.25) is 4.79 Å². The Morgan fingerprint density at radius 2 is 1.93 bits per heavy atom. The molecule has 0 heterocycles. The summed E-state index contributed by atoms with van der Waals surface area (Å²) in [5.41, 5.74) is -0.595. The fourth-order valence-corrected chi connectivity index (χ4v) is 0.885. The van der Waals surface area contributed by atoms with Crippen LogP contribution in [0, 0.1) is 5.92 Å². The van der Waals surface area contributed by atoms with Gasteiger partial charge in [0.05, 0.1) is 18.2 Å². The molecular formula is C10H22N2O2. The van der Waals surface area contributed by atoms with Gasteiger partial charge in [0, 0.05) is 0 Å². The lowest BCUT2D eigenvalue weighted by Crippen LogP contribution is -2.55. The number of hydrogen-bond donors (Lipinski definition) is 3. The largest absolute Gasteiger partial charge is 0.394 e. The van der Waals surface area contributed by atoms with Gasteiger partial charge in [0.1, 0.15) is 0 Å². The van der Waals surface area contributed by atoms with Gasteiger partial charge in [-0.1, -0.05) is 13.8 Å². The second kappa shape index (κ2) is 5.32. The fraction of sp³-hybridized carbons (Fsp3) is 0.900. The highest BCUT2D eigenvalue weighted by molar-refractivity contribution is 5.85. The Kier molecular flexibility index (Phi) is 5.08. The molecule has 0 spiro atoms. The molecule has 3 N–H and O–H groups in total. The first-order valence-corrected chi connectivity index (χ1v) is 4.96. The van der Waals surface area contributed by atoms with Crippen LogP contribution >= 0.6 is 0 Å². The zero-order valence-electron chi connectivity index (χ0n) is 9.72. The van der Waals surface area contributed by atoms with Crippen LogP contribution in [0.3, 0.4) is 0 Å². The summed E-state index contributed by atoms with van der Waals surface area (Å²) in [7, 11) is 1.74. The number of carbonyl (C=O) groups excluding carboxylic acids is 1. The Morgan fingerprint density at radius 1 is 1.43 bits per heavy atom. The van der Waals surface area contributed by atoms with E-state index in [-0.39, 0.29) is 24.5 Å². The lowest BCUT2D eigenvalue weighted by molar-refractivity contribution is -0.127. The molecule has 0 fully saturated rings. The molecular weight excluding hydrogens is 180 g/mol. The average molecular weight is 202 g/mol. The second-order valence-electron chi connectivity index (χ2n) is 4.38. The van der Waals surface area contributed by atoms with Crippen molar-refractivity contribution in [1.82, 2.24) is 10.6 Å². The Balaban J connectivity index is 4.30. The molecule has 4 heteroatoms. The summed E-state index contributed by atoms with van der Waals surface area (Å²) >= 11 is 0. The summed E-state index contributed by atoms with van der Waals surface area (Å²) in [6.07, 6.45) is 0. The Morgan fingerprint density at radius 3 is 2.21 bits per heavy atom. The van der Waals surface area contributed by atoms with Gasteiger partial charge < -0.3 is 15.7 Å². The molecule has 84 valence electrons. The standard InChI is InChI=1S/C10H22N2O2/c1-7(2)8(6-13)12-9(14)10(3,4)11-5/h7-8,11,13H,6H2,1-5H3,(H,12,14)/t8-/m1/s1. The minimum absolute atomic E-state index is 0.0246. The van der Waals surface area contributed by atoms with Crippen LogP contribution in [0.15, 0.2) is 0 Å². The molecule has 0 aliphatic heterocycles. The summed E-state index contributed by atoms with van der Waals surface area (Å²) < 4.78 is 0. The zero-order chi connectivity index (χ0) is 11.4. The van der Waals surface area contributed by atoms with Crippen LogP contribution < -0.4 is 10.6 Å². The maximum absolute atomic E-state index is 11.7. The minimum atomic E-state index is -0.595. The highest BCUT2D eigenvalue weighted by Crippen LogP contribution is 2.05. The molecule has 0 aliphatic carbocycles. The van der Waals surface area contributed by atoms with Crippen LogP contribution in [0.4, 0.5) is 0 Å². The molecule has 14 heavy (non-hydrogen) atoms. The van der Waals surface area contributed by atoms with Crippen molar-refractivity contribution in [3.63, 3.8) is 0 Å². The van der Waals surface area contributed by atoms with Crippen molar-refractivity contribution in [3.05, 3.63) is 0 Å². The zero-order valence-corrected chi connectivity index (χ0v) is 9.72. The minimum Gasteiger partial charge on any atom is -0.394 e. The Hall–Kier alpha value is -0.610. The number of likely N-dealkylation sites (N-methyl/N-ethyl adjacent to an activating group) is 1. The van der Waals surface area contributed by atoms with Gasteiger partial charge in [0.2, 0.25) is 5.91 Å². The normalized spacial score (nSPS) is 14.2. The fourth-order valence-electron chi connectivity index (χ4n) is 0.885. The van der Waals surface area contributed by atoms with Crippen LogP contribution in [-0.4, -0.2) is 36.2 Å². The lowest BCUT2D eigenvalue weighted by atomic mass is 10.0. The van der Waals surface area contributed by atoms with E-state index in [4.69, 9.17) is 5.11 Å². The molecule has 0 saturated carbocycles. The molecule has 0 saturated heterocycles. The quantitative estimate of drug-likeness (QED) is 0.593. The molecule has 0 unspecified atom stereocenters. The van der Waals surface area contributed by atoms with Crippen molar-refractivity contribution in [2.24, 2.45) is 5.92 Å². The molecule has 0 aromatic carbocycles. The Bertz CT molecular complexity index is 191. The van der Waals surface area contributed by atoms with Crippen LogP contribution in [0.1, 0.15) is 27.7 Å². The molecule has 0 aromatic rings. The van der Waals surface area contributed by atoms with Crippen LogP contribution in [0.25, 0.3) is 0 Å². The molecule has 4 nitrogen and oxygen atoms in total. The third kappa shape index (κ3) is 3.64. The summed E-state index contributed by atoms with van der Waals surface area (Å²) in [4.78, 5) is 11.7. The van der Waals surface area contributed by atoms with Crippen molar-refractivity contribution in [3.8, 4) is 0 Å². The highest BCUT2D eigenvalue weighted by atomic mass is 16.3. The average Bonchev–Trinajstić information content (AvgIpc) is 2.12. The number of aliphatic hydroxyl groups excluding tert-OH is 1. The number of hydrogen-bond acceptors (Lipinski definition) is 3. The molecule has 1 amide bonds. The van der Waals surface area contributed by atoms with E-state index in [2.05, 4.69) is 10.6 Å². The molecule has 0 aromatic heterocycles. The van der Waals surface area contributed by atoms with Gasteiger partial charge in [-0.05, 0) is 26.8 Å². The van der Waals surface area contributed by atoms with Gasteiger partial charge >= 0.3 is 0 Å². The number of nitrogens with one attached hydrogen (secondary N) is 2. The molecule has 0 radical (unpaired) electrons. The van der Waals surface area contributed by atoms with Gasteiger partial charge in [-0.15, -0.1) is 0 Å². The van der Waals surface area contributed by atoms with Crippen molar-refractivity contribution in [1.29, 1.82) is 0 Å². The molecule has 1 atom stereocenters. The van der Waals surface area contributed by atoms with Crippen molar-refractivity contribution in [2.75, 3.05) is 13.7 Å². The van der Waals surface area contributed by atoms with E-state index in [0.717, 1.165) is 0 Å². The smallest absolute Gasteiger partial charge is 0.240 e. The number of aliphatic hydroxyl groups is 1. The van der Waals surface area contributed by atoms with E-state index < -0.39 is 5.54 Å². The topological polar surface area (TPSA) is 61.4 Å². The lowest BCUT2D eigenvalue weighted by Gasteiger charge is -2.27. The third-order valence-corrected chi connectivity index (χ3v) is 2.51. The van der Waals surface area contributed by atoms with Gasteiger partial charge in [0.25, 0.3) is 0 Å². The summed E-state index contributed by atoms with van der Waals surface area (Å²) in [6.45, 7) is 7.51. The van der Waals surface area contributed by atoms with Crippen molar-refractivity contribution < 1.29 is 9.90 Å². The van der Waals surface area contributed by atoms with Crippen molar-refractivity contribution in [2.45, 2.75) is 39.3 Å². The SMILES string of the molecule is CNC(C)(C)C(=O)N[C@H](CO)C(C)C. The van der Waals surface area contributed by atoms with Gasteiger partial charge in [-0.25, -0.2) is 0 Å². The maximum atomic E-state index is 11.7. The monoisotopic (exact) mass is 202 g/mol. The molecule has 0 bridgehead atoms. The number of rotatable bonds is 5. The summed E-state index contributed by atoms with van der Waals surface area (Å²) in [5.74, 6) is 0.143. The maximum Gasteiger partial charge on any atom is 0.240 e. The van der Waals surface area contributed by atoms with Crippen LogP contribution in [0.2, 0.25) is 0 Å². The van der Waals surface area contributed by atoms with E-state index in [9.17, 15) is 4.79 Å². The second-order valence-corrected chi connectivity index (χ2v) is 4.38. The van der Waals surface area contributed by atoms with E-state index >= 15 is 0 Å². The van der Waals surface area contributed by atoms with Gasteiger partial charge in [-0.2, -0.15) is 0 Å². The summed E-state index contributed by atoms with van der Waals surface area (Å²) in [6, 6.07) is -0.171. The first kappa shape index (κ1) is 13.4. The predicted molar refractivity (Wildman–Crippen MR) is 57.0 cm³/mol. The van der Waals surface area contributed by atoms with E-state index in [1.54, 1.807) is 20.9 Å². The highest BCUT2D eigenvalue weighted by Gasteiger charge is 2.27.